The van der Waals surface area contributed by atoms with Crippen molar-refractivity contribution in [3.8, 4) is 6.07 Å². The fraction of sp³-hybridized carbons (Fsp3) is 0.429. The Bertz CT molecular complexity index is 287. The van der Waals surface area contributed by atoms with Gasteiger partial charge in [0.2, 0.25) is 4.67 Å². The van der Waals surface area contributed by atoms with Crippen LogP contribution in [0.3, 0.4) is 0 Å². The third kappa shape index (κ3) is 1.81. The molecule has 0 aromatic carbocycles. The van der Waals surface area contributed by atoms with Crippen LogP contribution in [0.2, 0.25) is 0 Å². The highest BCUT2D eigenvalue weighted by Crippen LogP contribution is 2.17. The van der Waals surface area contributed by atoms with E-state index in [1.807, 2.05) is 13.0 Å². The molecule has 58 valence electrons. The Morgan fingerprint density at radius 2 is 2.45 bits per heavy atom. The molecule has 0 bridgehead atoms. The molecule has 0 saturated carbocycles. The predicted molar refractivity (Wildman–Crippen MR) is 42.9 cm³/mol. The van der Waals surface area contributed by atoms with Gasteiger partial charge in [-0.1, -0.05) is 6.92 Å². The fourth-order valence-corrected chi connectivity index (χ4v) is 1.10. The van der Waals surface area contributed by atoms with E-state index in [4.69, 9.17) is 9.68 Å². The summed E-state index contributed by atoms with van der Waals surface area (Å²) in [5.74, 6) is 0.621. The molecular formula is C7H7BrN2O. The van der Waals surface area contributed by atoms with Crippen LogP contribution in [-0.2, 0) is 6.42 Å². The average molecular weight is 215 g/mol. The Hall–Kier alpha value is -0.820. The lowest BCUT2D eigenvalue weighted by molar-refractivity contribution is 0.472. The fourth-order valence-electron chi connectivity index (χ4n) is 0.733. The van der Waals surface area contributed by atoms with Gasteiger partial charge in [0.15, 0.2) is 11.6 Å². The highest BCUT2D eigenvalue weighted by atomic mass is 79.9. The summed E-state index contributed by atoms with van der Waals surface area (Å²) in [6, 6.07) is 1.92. The predicted octanol–water partition coefficient (Wildman–Crippen LogP) is 2.26. The molecule has 0 saturated heterocycles. The lowest BCUT2D eigenvalue weighted by Crippen LogP contribution is -1.81. The summed E-state index contributed by atoms with van der Waals surface area (Å²) in [7, 11) is 0. The van der Waals surface area contributed by atoms with Crippen LogP contribution < -0.4 is 0 Å². The van der Waals surface area contributed by atoms with Gasteiger partial charge in [-0.3, -0.25) is 0 Å². The van der Waals surface area contributed by atoms with Gasteiger partial charge in [-0.05, 0) is 22.4 Å². The first kappa shape index (κ1) is 8.28. The van der Waals surface area contributed by atoms with Crippen molar-refractivity contribution in [3.05, 3.63) is 16.3 Å². The van der Waals surface area contributed by atoms with E-state index in [1.54, 1.807) is 0 Å². The molecule has 0 N–H and O–H groups in total. The van der Waals surface area contributed by atoms with Crippen molar-refractivity contribution in [2.24, 2.45) is 0 Å². The first-order valence-electron chi connectivity index (χ1n) is 3.33. The zero-order valence-electron chi connectivity index (χ0n) is 6.09. The Labute approximate surface area is 73.2 Å². The topological polar surface area (TPSA) is 49.8 Å². The number of aryl methyl sites for hydroxylation is 1. The van der Waals surface area contributed by atoms with Crippen molar-refractivity contribution < 1.29 is 4.42 Å². The van der Waals surface area contributed by atoms with Crippen molar-refractivity contribution in [3.63, 3.8) is 0 Å². The molecule has 0 atom stereocenters. The summed E-state index contributed by atoms with van der Waals surface area (Å²) >= 11 is 3.10. The number of rotatable bonds is 2. The van der Waals surface area contributed by atoms with E-state index in [0.29, 0.717) is 16.3 Å². The lowest BCUT2D eigenvalue weighted by atomic mass is 10.3. The van der Waals surface area contributed by atoms with E-state index in [-0.39, 0.29) is 0 Å². The molecule has 1 aromatic heterocycles. The zero-order valence-corrected chi connectivity index (χ0v) is 7.68. The molecule has 0 aliphatic heterocycles. The van der Waals surface area contributed by atoms with Crippen LogP contribution in [0.15, 0.2) is 9.09 Å². The van der Waals surface area contributed by atoms with Gasteiger partial charge in [0.25, 0.3) is 0 Å². The number of aromatic nitrogens is 1. The molecule has 0 spiro atoms. The summed E-state index contributed by atoms with van der Waals surface area (Å²) < 4.78 is 5.56. The minimum atomic E-state index is 0.327. The molecule has 0 fully saturated rings. The van der Waals surface area contributed by atoms with E-state index in [2.05, 4.69) is 20.9 Å². The van der Waals surface area contributed by atoms with Crippen LogP contribution in [0.1, 0.15) is 24.9 Å². The SMILES string of the molecule is CCCc1nc(C#N)c(Br)o1. The molecule has 1 aromatic rings. The summed E-state index contributed by atoms with van der Waals surface area (Å²) in [5, 5.41) is 8.50. The quantitative estimate of drug-likeness (QED) is 0.760. The van der Waals surface area contributed by atoms with Gasteiger partial charge in [-0.25, -0.2) is 4.98 Å². The number of nitrogens with zero attached hydrogens (tertiary/aromatic N) is 2. The first-order valence-corrected chi connectivity index (χ1v) is 4.12. The summed E-state index contributed by atoms with van der Waals surface area (Å²) in [5.41, 5.74) is 0.327. The van der Waals surface area contributed by atoms with Gasteiger partial charge < -0.3 is 4.42 Å². The molecule has 1 heterocycles. The maximum absolute atomic E-state index is 8.50. The molecule has 0 radical (unpaired) electrons. The lowest BCUT2D eigenvalue weighted by Gasteiger charge is -1.84. The molecule has 0 amide bonds. The summed E-state index contributed by atoms with van der Waals surface area (Å²) in [6.07, 6.45) is 1.75. The Morgan fingerprint density at radius 1 is 1.73 bits per heavy atom. The first-order chi connectivity index (χ1) is 5.27. The minimum Gasteiger partial charge on any atom is -0.432 e. The molecule has 3 nitrogen and oxygen atoms in total. The van der Waals surface area contributed by atoms with Crippen molar-refractivity contribution >= 4 is 15.9 Å². The van der Waals surface area contributed by atoms with Gasteiger partial charge in [-0.15, -0.1) is 0 Å². The number of hydrogen-bond acceptors (Lipinski definition) is 3. The smallest absolute Gasteiger partial charge is 0.207 e. The number of nitriles is 1. The van der Waals surface area contributed by atoms with E-state index in [0.717, 1.165) is 12.8 Å². The molecular weight excluding hydrogens is 208 g/mol. The van der Waals surface area contributed by atoms with Crippen LogP contribution in [0.25, 0.3) is 0 Å². The monoisotopic (exact) mass is 214 g/mol. The van der Waals surface area contributed by atoms with E-state index in [9.17, 15) is 0 Å². The maximum atomic E-state index is 8.50. The van der Waals surface area contributed by atoms with Gasteiger partial charge in [0, 0.05) is 6.42 Å². The molecule has 1 rings (SSSR count). The highest BCUT2D eigenvalue weighted by molar-refractivity contribution is 9.10. The van der Waals surface area contributed by atoms with Gasteiger partial charge in [0.1, 0.15) is 6.07 Å². The van der Waals surface area contributed by atoms with Crippen LogP contribution in [0, 0.1) is 11.3 Å². The van der Waals surface area contributed by atoms with Crippen molar-refractivity contribution in [1.82, 2.24) is 4.98 Å². The second-order valence-electron chi connectivity index (χ2n) is 2.09. The van der Waals surface area contributed by atoms with Crippen molar-refractivity contribution in [1.29, 1.82) is 5.26 Å². The van der Waals surface area contributed by atoms with Gasteiger partial charge in [-0.2, -0.15) is 5.26 Å². The molecule has 0 unspecified atom stereocenters. The average Bonchev–Trinajstić information content (AvgIpc) is 2.32. The normalized spacial score (nSPS) is 9.55. The zero-order chi connectivity index (χ0) is 8.27. The maximum Gasteiger partial charge on any atom is 0.207 e. The largest absolute Gasteiger partial charge is 0.432 e. The molecule has 0 aliphatic carbocycles. The van der Waals surface area contributed by atoms with Crippen molar-refractivity contribution in [2.45, 2.75) is 19.8 Å². The second-order valence-corrected chi connectivity index (χ2v) is 2.81. The molecule has 4 heteroatoms. The number of oxazole rings is 1. The minimum absolute atomic E-state index is 0.327. The highest BCUT2D eigenvalue weighted by Gasteiger charge is 2.08. The van der Waals surface area contributed by atoms with E-state index >= 15 is 0 Å². The van der Waals surface area contributed by atoms with Crippen LogP contribution in [0.4, 0.5) is 0 Å². The Balaban J connectivity index is 2.89. The van der Waals surface area contributed by atoms with Crippen LogP contribution >= 0.6 is 15.9 Å². The Morgan fingerprint density at radius 3 is 2.91 bits per heavy atom. The van der Waals surface area contributed by atoms with E-state index < -0.39 is 0 Å². The number of hydrogen-bond donors (Lipinski definition) is 0. The second kappa shape index (κ2) is 3.54. The molecule has 11 heavy (non-hydrogen) atoms. The standard InChI is InChI=1S/C7H7BrN2O/c1-2-3-6-10-5(4-9)7(8)11-6/h2-3H2,1H3. The third-order valence-electron chi connectivity index (χ3n) is 1.20. The summed E-state index contributed by atoms with van der Waals surface area (Å²) in [6.45, 7) is 2.03. The van der Waals surface area contributed by atoms with Gasteiger partial charge >= 0.3 is 0 Å². The van der Waals surface area contributed by atoms with Crippen LogP contribution in [-0.4, -0.2) is 4.98 Å². The van der Waals surface area contributed by atoms with Crippen LogP contribution in [0.5, 0.6) is 0 Å². The Kier molecular flexibility index (Phi) is 2.66. The van der Waals surface area contributed by atoms with E-state index in [1.165, 1.54) is 0 Å². The summed E-state index contributed by atoms with van der Waals surface area (Å²) in [4.78, 5) is 3.94. The van der Waals surface area contributed by atoms with Crippen molar-refractivity contribution in [2.75, 3.05) is 0 Å². The van der Waals surface area contributed by atoms with Gasteiger partial charge in [0.05, 0.1) is 0 Å². The third-order valence-corrected chi connectivity index (χ3v) is 1.74. The number of halogens is 1. The molecule has 0 aliphatic rings.